The first-order valence-corrected chi connectivity index (χ1v) is 14.4. The highest BCUT2D eigenvalue weighted by molar-refractivity contribution is 6.19. The van der Waals surface area contributed by atoms with Crippen molar-refractivity contribution in [3.05, 3.63) is 127 Å². The maximum atomic E-state index is 6.18. The monoisotopic (exact) mass is 552 g/mol. The highest BCUT2D eigenvalue weighted by atomic mass is 16.3. The quantitative estimate of drug-likeness (QED) is 0.221. The van der Waals surface area contributed by atoms with E-state index in [1.807, 2.05) is 42.5 Å². The minimum absolute atomic E-state index is 0.612. The molecule has 6 aromatic carbocycles. The average Bonchev–Trinajstić information content (AvgIpc) is 3.47. The van der Waals surface area contributed by atoms with Gasteiger partial charge in [0.05, 0.1) is 0 Å². The second-order valence-electron chi connectivity index (χ2n) is 10.8. The molecule has 5 nitrogen and oxygen atoms in total. The van der Waals surface area contributed by atoms with Crippen molar-refractivity contribution in [2.24, 2.45) is 0 Å². The van der Waals surface area contributed by atoms with E-state index in [9.17, 15) is 0 Å². The Morgan fingerprint density at radius 3 is 2.14 bits per heavy atom. The van der Waals surface area contributed by atoms with Crippen molar-refractivity contribution >= 4 is 55.2 Å². The molecule has 2 aromatic heterocycles. The van der Waals surface area contributed by atoms with Crippen molar-refractivity contribution < 1.29 is 4.42 Å². The SMILES string of the molecule is C1=Cc2c(oc3cccc(-c4nc(-c5ccccc5)nc(-c5cccc6c5ccc5c7ccccc7ccc65)n4)c23)NC1. The van der Waals surface area contributed by atoms with Gasteiger partial charge in [0, 0.05) is 34.2 Å². The van der Waals surface area contributed by atoms with Crippen molar-refractivity contribution in [1.29, 1.82) is 0 Å². The lowest BCUT2D eigenvalue weighted by Crippen LogP contribution is -2.02. The molecule has 1 N–H and O–H groups in total. The van der Waals surface area contributed by atoms with Gasteiger partial charge in [-0.25, -0.2) is 15.0 Å². The first kappa shape index (κ1) is 23.9. The third-order valence-corrected chi connectivity index (χ3v) is 8.35. The van der Waals surface area contributed by atoms with Gasteiger partial charge in [-0.15, -0.1) is 0 Å². The average molecular weight is 553 g/mol. The van der Waals surface area contributed by atoms with E-state index in [0.717, 1.165) is 51.0 Å². The minimum Gasteiger partial charge on any atom is -0.440 e. The molecule has 0 spiro atoms. The summed E-state index contributed by atoms with van der Waals surface area (Å²) in [6, 6.07) is 39.9. The lowest BCUT2D eigenvalue weighted by Gasteiger charge is -2.13. The lowest BCUT2D eigenvalue weighted by molar-refractivity contribution is 0.628. The van der Waals surface area contributed by atoms with Gasteiger partial charge >= 0.3 is 0 Å². The van der Waals surface area contributed by atoms with Crippen LogP contribution in [0.25, 0.3) is 83.5 Å². The number of nitrogens with zero attached hydrogens (tertiary/aromatic N) is 3. The zero-order chi connectivity index (χ0) is 28.3. The zero-order valence-corrected chi connectivity index (χ0v) is 23.1. The van der Waals surface area contributed by atoms with E-state index < -0.39 is 0 Å². The van der Waals surface area contributed by atoms with Crippen LogP contribution in [-0.4, -0.2) is 21.5 Å². The maximum absolute atomic E-state index is 6.18. The highest BCUT2D eigenvalue weighted by Gasteiger charge is 2.21. The summed E-state index contributed by atoms with van der Waals surface area (Å²) in [7, 11) is 0. The zero-order valence-electron chi connectivity index (χ0n) is 23.1. The summed E-state index contributed by atoms with van der Waals surface area (Å²) in [6.45, 7) is 0.738. The highest BCUT2D eigenvalue weighted by Crippen LogP contribution is 2.40. The van der Waals surface area contributed by atoms with Crippen LogP contribution in [0.2, 0.25) is 0 Å². The number of benzene rings is 6. The van der Waals surface area contributed by atoms with Gasteiger partial charge < -0.3 is 9.73 Å². The number of aromatic nitrogens is 3. The number of furan rings is 1. The van der Waals surface area contributed by atoms with Gasteiger partial charge in [0.15, 0.2) is 17.5 Å². The normalized spacial score (nSPS) is 12.7. The van der Waals surface area contributed by atoms with Crippen LogP contribution in [0, 0.1) is 0 Å². The van der Waals surface area contributed by atoms with E-state index in [2.05, 4.69) is 90.3 Å². The van der Waals surface area contributed by atoms with E-state index in [1.165, 1.54) is 26.9 Å². The van der Waals surface area contributed by atoms with Crippen LogP contribution in [0.5, 0.6) is 0 Å². The molecule has 3 heterocycles. The summed E-state index contributed by atoms with van der Waals surface area (Å²) >= 11 is 0. The summed E-state index contributed by atoms with van der Waals surface area (Å²) in [5.74, 6) is 2.65. The Bertz CT molecular complexity index is 2410. The predicted octanol–water partition coefficient (Wildman–Crippen LogP) is 9.52. The molecule has 0 fully saturated rings. The van der Waals surface area contributed by atoms with Crippen LogP contribution in [-0.2, 0) is 0 Å². The summed E-state index contributed by atoms with van der Waals surface area (Å²) in [5, 5.41) is 11.6. The van der Waals surface area contributed by atoms with Crippen molar-refractivity contribution in [1.82, 2.24) is 15.0 Å². The maximum Gasteiger partial charge on any atom is 0.201 e. The Hall–Kier alpha value is -5.81. The van der Waals surface area contributed by atoms with Gasteiger partial charge in [0.25, 0.3) is 0 Å². The molecule has 0 atom stereocenters. The molecule has 0 amide bonds. The summed E-state index contributed by atoms with van der Waals surface area (Å²) < 4.78 is 6.18. The number of hydrogen-bond donors (Lipinski definition) is 1. The Morgan fingerprint density at radius 2 is 1.21 bits per heavy atom. The van der Waals surface area contributed by atoms with Gasteiger partial charge in [0.1, 0.15) is 5.58 Å². The number of nitrogens with one attached hydrogen (secondary N) is 1. The van der Waals surface area contributed by atoms with E-state index in [0.29, 0.717) is 17.5 Å². The Morgan fingerprint density at radius 1 is 0.535 bits per heavy atom. The Labute approximate surface area is 247 Å². The third kappa shape index (κ3) is 3.75. The fraction of sp³-hybridized carbons (Fsp3) is 0.0263. The van der Waals surface area contributed by atoms with Crippen molar-refractivity contribution in [2.45, 2.75) is 0 Å². The summed E-state index contributed by atoms with van der Waals surface area (Å²) in [4.78, 5) is 15.2. The molecule has 0 bridgehead atoms. The van der Waals surface area contributed by atoms with Crippen LogP contribution in [0.4, 0.5) is 5.88 Å². The largest absolute Gasteiger partial charge is 0.440 e. The standard InChI is InChI=1S/C38H24N4O/c1-2-10-24(11-3-1)35-40-36(42-37(41-35)31-15-7-17-33-34(31)32-16-8-22-39-38(32)43-33)30-14-6-13-26-28-19-18-23-9-4-5-12-25(23)27(28)20-21-29(26)30/h1-21,39H,22H2. The van der Waals surface area contributed by atoms with E-state index in [1.54, 1.807) is 0 Å². The van der Waals surface area contributed by atoms with Crippen LogP contribution in [0.1, 0.15) is 5.56 Å². The summed E-state index contributed by atoms with van der Waals surface area (Å²) in [5.41, 5.74) is 4.63. The summed E-state index contributed by atoms with van der Waals surface area (Å²) in [6.07, 6.45) is 4.22. The van der Waals surface area contributed by atoms with E-state index >= 15 is 0 Å². The van der Waals surface area contributed by atoms with Crippen LogP contribution >= 0.6 is 0 Å². The smallest absolute Gasteiger partial charge is 0.201 e. The topological polar surface area (TPSA) is 63.8 Å². The fourth-order valence-corrected chi connectivity index (χ4v) is 6.36. The van der Waals surface area contributed by atoms with Gasteiger partial charge in [0.2, 0.25) is 5.88 Å². The molecular weight excluding hydrogens is 528 g/mol. The molecule has 0 unspecified atom stereocenters. The number of anilines is 1. The molecule has 9 rings (SSSR count). The first-order chi connectivity index (χ1) is 21.3. The van der Waals surface area contributed by atoms with E-state index in [4.69, 9.17) is 19.4 Å². The molecule has 5 heteroatoms. The van der Waals surface area contributed by atoms with Crippen molar-refractivity contribution in [3.63, 3.8) is 0 Å². The first-order valence-electron chi connectivity index (χ1n) is 14.4. The van der Waals surface area contributed by atoms with Crippen LogP contribution < -0.4 is 5.32 Å². The molecule has 43 heavy (non-hydrogen) atoms. The number of rotatable bonds is 3. The molecule has 0 saturated carbocycles. The Kier molecular flexibility index (Phi) is 5.19. The number of fused-ring (bicyclic) bond motifs is 8. The van der Waals surface area contributed by atoms with E-state index in [-0.39, 0.29) is 0 Å². The predicted molar refractivity (Wildman–Crippen MR) is 176 cm³/mol. The molecule has 0 radical (unpaired) electrons. The molecular formula is C38H24N4O. The van der Waals surface area contributed by atoms with Gasteiger partial charge in [-0.2, -0.15) is 0 Å². The Balaban J connectivity index is 1.32. The van der Waals surface area contributed by atoms with Gasteiger partial charge in [-0.1, -0.05) is 121 Å². The second-order valence-corrected chi connectivity index (χ2v) is 10.8. The molecule has 8 aromatic rings. The van der Waals surface area contributed by atoms with Crippen molar-refractivity contribution in [3.8, 4) is 34.2 Å². The number of hydrogen-bond acceptors (Lipinski definition) is 5. The third-order valence-electron chi connectivity index (χ3n) is 8.35. The van der Waals surface area contributed by atoms with Crippen LogP contribution in [0.3, 0.4) is 0 Å². The molecule has 1 aliphatic rings. The molecule has 0 saturated heterocycles. The van der Waals surface area contributed by atoms with Gasteiger partial charge in [-0.3, -0.25) is 0 Å². The molecule has 1 aliphatic heterocycles. The van der Waals surface area contributed by atoms with Crippen LogP contribution in [0.15, 0.2) is 126 Å². The molecule has 0 aliphatic carbocycles. The van der Waals surface area contributed by atoms with Gasteiger partial charge in [-0.05, 0) is 38.4 Å². The molecule has 202 valence electrons. The lowest BCUT2D eigenvalue weighted by atomic mass is 9.95. The minimum atomic E-state index is 0.612. The second kappa shape index (κ2) is 9.36. The fourth-order valence-electron chi connectivity index (χ4n) is 6.36. The van der Waals surface area contributed by atoms with Crippen molar-refractivity contribution in [2.75, 3.05) is 11.9 Å².